The van der Waals surface area contributed by atoms with Gasteiger partial charge in [-0.1, -0.05) is 23.1 Å². The summed E-state index contributed by atoms with van der Waals surface area (Å²) in [6, 6.07) is 5.36. The first-order valence-electron chi connectivity index (χ1n) is 9.31. The number of rotatable bonds is 8. The van der Waals surface area contributed by atoms with Crippen molar-refractivity contribution < 1.29 is 27.8 Å². The van der Waals surface area contributed by atoms with Gasteiger partial charge in [-0.2, -0.15) is 0 Å². The third-order valence-electron chi connectivity index (χ3n) is 4.11. The lowest BCUT2D eigenvalue weighted by Crippen LogP contribution is -2.48. The molecule has 3 rings (SSSR count). The molecule has 1 aromatic heterocycles. The molecule has 2 aromatic rings. The van der Waals surface area contributed by atoms with Crippen LogP contribution in [0.1, 0.15) is 13.8 Å². The van der Waals surface area contributed by atoms with E-state index in [-0.39, 0.29) is 18.0 Å². The normalized spacial score (nSPS) is 21.4. The van der Waals surface area contributed by atoms with Gasteiger partial charge in [0.25, 0.3) is 0 Å². The van der Waals surface area contributed by atoms with Crippen molar-refractivity contribution in [3.63, 3.8) is 0 Å². The summed E-state index contributed by atoms with van der Waals surface area (Å²) in [5.74, 6) is 0.192. The van der Waals surface area contributed by atoms with E-state index in [2.05, 4.69) is 25.2 Å². The molecule has 30 heavy (non-hydrogen) atoms. The van der Waals surface area contributed by atoms with E-state index in [1.807, 2.05) is 13.8 Å². The maximum atomic E-state index is 12.2. The van der Waals surface area contributed by atoms with Gasteiger partial charge in [-0.05, 0) is 38.1 Å². The molecule has 1 aromatic carbocycles. The summed E-state index contributed by atoms with van der Waals surface area (Å²) in [6.45, 7) is 6.21. The van der Waals surface area contributed by atoms with Gasteiger partial charge in [0.15, 0.2) is 4.34 Å². The van der Waals surface area contributed by atoms with Crippen LogP contribution in [-0.4, -0.2) is 70.3 Å². The number of anilines is 2. The quantitative estimate of drug-likeness (QED) is 0.572. The van der Waals surface area contributed by atoms with Crippen LogP contribution in [0.15, 0.2) is 28.6 Å². The van der Waals surface area contributed by atoms with E-state index in [9.17, 15) is 18.3 Å². The molecular weight excluding hydrogens is 441 g/mol. The number of β-amino-alcohol motifs (C(OH)–C–C–N with tert-alkyl or cyclic N) is 1. The highest BCUT2D eigenvalue weighted by atomic mass is 32.2. The number of hydrogen-bond donors (Lipinski definition) is 2. The molecule has 3 unspecified atom stereocenters. The fourth-order valence-electron chi connectivity index (χ4n) is 3.13. The second-order valence-corrected chi connectivity index (χ2v) is 9.26. The first-order chi connectivity index (χ1) is 14.2. The SMILES string of the molecule is CC1CN(CC(O)CSc2nnc(Nc3ccc(OC(F)(F)F)cc3)s2)CC(C)O1. The van der Waals surface area contributed by atoms with Crippen molar-refractivity contribution in [3.05, 3.63) is 24.3 Å². The van der Waals surface area contributed by atoms with Gasteiger partial charge in [0, 0.05) is 31.1 Å². The van der Waals surface area contributed by atoms with Gasteiger partial charge >= 0.3 is 6.36 Å². The Kier molecular flexibility index (Phi) is 7.80. The lowest BCUT2D eigenvalue weighted by Gasteiger charge is -2.36. The van der Waals surface area contributed by atoms with Crippen molar-refractivity contribution in [1.29, 1.82) is 0 Å². The third kappa shape index (κ3) is 7.58. The average molecular weight is 465 g/mol. The summed E-state index contributed by atoms with van der Waals surface area (Å²) in [4.78, 5) is 2.20. The zero-order valence-electron chi connectivity index (χ0n) is 16.4. The zero-order valence-corrected chi connectivity index (χ0v) is 18.1. The van der Waals surface area contributed by atoms with Gasteiger partial charge < -0.3 is 19.9 Å². The molecule has 12 heteroatoms. The maximum absolute atomic E-state index is 12.2. The van der Waals surface area contributed by atoms with Crippen LogP contribution in [0.2, 0.25) is 0 Å². The highest BCUT2D eigenvalue weighted by molar-refractivity contribution is 8.01. The number of nitrogens with one attached hydrogen (secondary N) is 1. The van der Waals surface area contributed by atoms with Crippen LogP contribution in [0.4, 0.5) is 24.0 Å². The minimum atomic E-state index is -4.72. The van der Waals surface area contributed by atoms with Gasteiger partial charge in [-0.3, -0.25) is 4.90 Å². The Morgan fingerprint density at radius 1 is 1.27 bits per heavy atom. The number of morpholine rings is 1. The first kappa shape index (κ1) is 23.1. The van der Waals surface area contributed by atoms with Gasteiger partial charge in [0.05, 0.1) is 18.3 Å². The molecule has 1 aliphatic rings. The third-order valence-corrected chi connectivity index (χ3v) is 6.23. The van der Waals surface area contributed by atoms with Gasteiger partial charge in [0.1, 0.15) is 5.75 Å². The van der Waals surface area contributed by atoms with E-state index >= 15 is 0 Å². The molecule has 0 aliphatic carbocycles. The molecule has 2 heterocycles. The number of hydrogen-bond acceptors (Lipinski definition) is 9. The standard InChI is InChI=1S/C18H23F3N4O3S2/c1-11-7-25(8-12(2)27-11)9-14(26)10-29-17-24-23-16(30-17)22-13-3-5-15(6-4-13)28-18(19,20)21/h3-6,11-12,14,26H,7-10H2,1-2H3,(H,22,23). The van der Waals surface area contributed by atoms with Crippen molar-refractivity contribution in [1.82, 2.24) is 15.1 Å². The van der Waals surface area contributed by atoms with Crippen LogP contribution in [0, 0.1) is 0 Å². The van der Waals surface area contributed by atoms with E-state index in [0.29, 0.717) is 27.5 Å². The Morgan fingerprint density at radius 3 is 2.57 bits per heavy atom. The van der Waals surface area contributed by atoms with Crippen molar-refractivity contribution >= 4 is 33.9 Å². The Balaban J connectivity index is 1.44. The van der Waals surface area contributed by atoms with Gasteiger partial charge in [0.2, 0.25) is 5.13 Å². The molecule has 0 saturated carbocycles. The predicted octanol–water partition coefficient (Wildman–Crippen LogP) is 3.74. The number of aliphatic hydroxyl groups excluding tert-OH is 1. The largest absolute Gasteiger partial charge is 0.573 e. The fourth-order valence-corrected chi connectivity index (χ4v) is 4.85. The Labute approximate surface area is 180 Å². The van der Waals surface area contributed by atoms with E-state index in [1.165, 1.54) is 47.4 Å². The number of thioether (sulfide) groups is 1. The summed E-state index contributed by atoms with van der Waals surface area (Å²) in [6.07, 6.45) is -4.92. The van der Waals surface area contributed by atoms with Gasteiger partial charge in [-0.25, -0.2) is 0 Å². The molecule has 1 aliphatic heterocycles. The Hall–Kier alpha value is -1.60. The van der Waals surface area contributed by atoms with E-state index in [1.54, 1.807) is 0 Å². The minimum absolute atomic E-state index is 0.152. The minimum Gasteiger partial charge on any atom is -0.406 e. The van der Waals surface area contributed by atoms with E-state index < -0.39 is 12.5 Å². The smallest absolute Gasteiger partial charge is 0.406 e. The molecule has 3 atom stereocenters. The van der Waals surface area contributed by atoms with Crippen LogP contribution in [0.25, 0.3) is 0 Å². The molecule has 166 valence electrons. The summed E-state index contributed by atoms with van der Waals surface area (Å²) < 4.78 is 46.8. The molecule has 0 bridgehead atoms. The Morgan fingerprint density at radius 2 is 1.93 bits per heavy atom. The van der Waals surface area contributed by atoms with Crippen molar-refractivity contribution in [2.75, 3.05) is 30.7 Å². The van der Waals surface area contributed by atoms with Crippen molar-refractivity contribution in [2.24, 2.45) is 0 Å². The molecule has 7 nitrogen and oxygen atoms in total. The molecule has 2 N–H and O–H groups in total. The Bertz CT molecular complexity index is 797. The summed E-state index contributed by atoms with van der Waals surface area (Å²) in [7, 11) is 0. The number of benzene rings is 1. The maximum Gasteiger partial charge on any atom is 0.573 e. The summed E-state index contributed by atoms with van der Waals surface area (Å²) >= 11 is 2.72. The molecular formula is C18H23F3N4O3S2. The summed E-state index contributed by atoms with van der Waals surface area (Å²) in [5.41, 5.74) is 0.563. The van der Waals surface area contributed by atoms with E-state index in [4.69, 9.17) is 4.74 Å². The molecule has 0 spiro atoms. The molecule has 1 saturated heterocycles. The molecule has 0 amide bonds. The fraction of sp³-hybridized carbons (Fsp3) is 0.556. The number of aromatic nitrogens is 2. The van der Waals surface area contributed by atoms with Crippen molar-refractivity contribution in [2.45, 2.75) is 42.9 Å². The number of halogens is 3. The van der Waals surface area contributed by atoms with E-state index in [0.717, 1.165) is 13.1 Å². The monoisotopic (exact) mass is 464 g/mol. The van der Waals surface area contributed by atoms with Crippen LogP contribution < -0.4 is 10.1 Å². The number of ether oxygens (including phenoxy) is 2. The second kappa shape index (κ2) is 10.1. The van der Waals surface area contributed by atoms with Gasteiger partial charge in [-0.15, -0.1) is 23.4 Å². The second-order valence-electron chi connectivity index (χ2n) is 7.01. The topological polar surface area (TPSA) is 79.7 Å². The highest BCUT2D eigenvalue weighted by Gasteiger charge is 2.31. The zero-order chi connectivity index (χ0) is 21.7. The number of alkyl halides is 3. The molecule has 0 radical (unpaired) electrons. The summed E-state index contributed by atoms with van der Waals surface area (Å²) in [5, 5.41) is 21.9. The number of nitrogens with zero attached hydrogens (tertiary/aromatic N) is 3. The highest BCUT2D eigenvalue weighted by Crippen LogP contribution is 2.29. The van der Waals surface area contributed by atoms with Crippen molar-refractivity contribution in [3.8, 4) is 5.75 Å². The first-order valence-corrected chi connectivity index (χ1v) is 11.1. The predicted molar refractivity (Wildman–Crippen MR) is 109 cm³/mol. The lowest BCUT2D eigenvalue weighted by atomic mass is 10.2. The van der Waals surface area contributed by atoms with Crippen LogP contribution >= 0.6 is 23.1 Å². The van der Waals surface area contributed by atoms with Crippen LogP contribution in [-0.2, 0) is 4.74 Å². The molecule has 1 fully saturated rings. The van der Waals surface area contributed by atoms with Crippen LogP contribution in [0.3, 0.4) is 0 Å². The lowest BCUT2D eigenvalue weighted by molar-refractivity contribution is -0.274. The van der Waals surface area contributed by atoms with Crippen LogP contribution in [0.5, 0.6) is 5.75 Å². The average Bonchev–Trinajstić information content (AvgIpc) is 3.07. The number of aliphatic hydroxyl groups is 1.